The molecule has 1 aromatic heterocycles. The molecular formula is C16H14F4N2O6S2. The van der Waals surface area contributed by atoms with Crippen molar-refractivity contribution >= 4 is 38.2 Å². The summed E-state index contributed by atoms with van der Waals surface area (Å²) in [6, 6.07) is 2.29. The predicted molar refractivity (Wildman–Crippen MR) is 96.8 cm³/mol. The number of carbonyl (C=O) groups excluding carboxylic acids is 2. The molecule has 2 aromatic rings. The van der Waals surface area contributed by atoms with Crippen LogP contribution in [0.5, 0.6) is 5.75 Å². The van der Waals surface area contributed by atoms with Gasteiger partial charge in [-0.05, 0) is 29.6 Å². The number of aliphatic hydroxyl groups excluding tert-OH is 1. The van der Waals surface area contributed by atoms with E-state index in [2.05, 4.69) is 4.74 Å². The van der Waals surface area contributed by atoms with Gasteiger partial charge in [0, 0.05) is 0 Å². The van der Waals surface area contributed by atoms with Gasteiger partial charge in [-0.25, -0.2) is 12.8 Å². The summed E-state index contributed by atoms with van der Waals surface area (Å²) in [6.07, 6.45) is -5.32. The molecule has 30 heavy (non-hydrogen) atoms. The molecule has 2 amide bonds. The molecule has 1 unspecified atom stereocenters. The van der Waals surface area contributed by atoms with Crippen molar-refractivity contribution < 1.29 is 45.4 Å². The number of carbonyl (C=O) groups is 2. The standard InChI is InChI=1S/C16H14F4N2O6S2/c1-8(7-23)14(25)22(15-10(13(21)24)4-5-29-15)30(26,27)12-6-9(17)2-3-11(12)28-16(18,19)20/h2-6,8,23H,7H2,1H3,(H2,21,24). The number of anilines is 1. The molecule has 14 heteroatoms. The van der Waals surface area contributed by atoms with Crippen LogP contribution in [0.4, 0.5) is 22.6 Å². The topological polar surface area (TPSA) is 127 Å². The average Bonchev–Trinajstić information content (AvgIpc) is 3.10. The number of ether oxygens (including phenoxy) is 1. The molecule has 1 aromatic carbocycles. The quantitative estimate of drug-likeness (QED) is 0.598. The fourth-order valence-electron chi connectivity index (χ4n) is 2.24. The Morgan fingerprint density at radius 2 is 1.93 bits per heavy atom. The average molecular weight is 470 g/mol. The fourth-order valence-corrected chi connectivity index (χ4v) is 5.04. The molecule has 3 N–H and O–H groups in total. The fraction of sp³-hybridized carbons (Fsp3) is 0.250. The SMILES string of the molecule is CC(CO)C(=O)N(c1sccc1C(N)=O)S(=O)(=O)c1cc(F)ccc1OC(F)(F)F. The number of sulfonamides is 1. The van der Waals surface area contributed by atoms with Gasteiger partial charge in [0.2, 0.25) is 5.91 Å². The van der Waals surface area contributed by atoms with Gasteiger partial charge in [0.1, 0.15) is 21.5 Å². The van der Waals surface area contributed by atoms with Gasteiger partial charge in [-0.15, -0.1) is 24.5 Å². The summed E-state index contributed by atoms with van der Waals surface area (Å²) in [6.45, 7) is 0.318. The van der Waals surface area contributed by atoms with Crippen molar-refractivity contribution in [2.45, 2.75) is 18.2 Å². The summed E-state index contributed by atoms with van der Waals surface area (Å²) in [5.41, 5.74) is 4.76. The molecule has 2 rings (SSSR count). The Morgan fingerprint density at radius 1 is 1.30 bits per heavy atom. The summed E-state index contributed by atoms with van der Waals surface area (Å²) >= 11 is 0.574. The van der Waals surface area contributed by atoms with Gasteiger partial charge in [-0.3, -0.25) is 9.59 Å². The van der Waals surface area contributed by atoms with Crippen molar-refractivity contribution in [2.24, 2.45) is 11.7 Å². The third kappa shape index (κ3) is 4.88. The Labute approximate surface area is 171 Å². The lowest BCUT2D eigenvalue weighted by Gasteiger charge is -2.25. The Kier molecular flexibility index (Phi) is 6.73. The van der Waals surface area contributed by atoms with Crippen LogP contribution in [0.25, 0.3) is 0 Å². The smallest absolute Gasteiger partial charge is 0.404 e. The number of nitrogens with zero attached hydrogens (tertiary/aromatic N) is 1. The first-order valence-corrected chi connectivity index (χ1v) is 10.2. The van der Waals surface area contributed by atoms with E-state index in [1.54, 1.807) is 0 Å². The minimum atomic E-state index is -5.32. The minimum Gasteiger partial charge on any atom is -0.404 e. The van der Waals surface area contributed by atoms with E-state index in [9.17, 15) is 40.7 Å². The maximum Gasteiger partial charge on any atom is 0.573 e. The van der Waals surface area contributed by atoms with Crippen LogP contribution in [0.1, 0.15) is 17.3 Å². The minimum absolute atomic E-state index is 0.0106. The maximum absolute atomic E-state index is 13.7. The van der Waals surface area contributed by atoms with E-state index in [0.29, 0.717) is 23.5 Å². The van der Waals surface area contributed by atoms with Gasteiger partial charge in [0.25, 0.3) is 15.9 Å². The van der Waals surface area contributed by atoms with Gasteiger partial charge >= 0.3 is 6.36 Å². The summed E-state index contributed by atoms with van der Waals surface area (Å²) in [7, 11) is -5.25. The molecule has 0 spiro atoms. The summed E-state index contributed by atoms with van der Waals surface area (Å²) in [5, 5.41) is 9.94. The number of rotatable bonds is 7. The second kappa shape index (κ2) is 8.57. The van der Waals surface area contributed by atoms with E-state index < -0.39 is 67.8 Å². The van der Waals surface area contributed by atoms with Crippen LogP contribution >= 0.6 is 11.3 Å². The first kappa shape index (κ1) is 23.6. The van der Waals surface area contributed by atoms with Crippen LogP contribution in [0.2, 0.25) is 0 Å². The zero-order valence-electron chi connectivity index (χ0n) is 15.0. The van der Waals surface area contributed by atoms with Crippen molar-refractivity contribution in [1.82, 2.24) is 0 Å². The maximum atomic E-state index is 13.7. The highest BCUT2D eigenvalue weighted by molar-refractivity contribution is 7.94. The third-order valence-corrected chi connectivity index (χ3v) is 6.37. The number of primary amides is 1. The number of thiophene rings is 1. The highest BCUT2D eigenvalue weighted by atomic mass is 32.2. The van der Waals surface area contributed by atoms with Gasteiger partial charge in [-0.1, -0.05) is 6.92 Å². The zero-order valence-corrected chi connectivity index (χ0v) is 16.6. The van der Waals surface area contributed by atoms with Crippen LogP contribution in [0.15, 0.2) is 34.5 Å². The van der Waals surface area contributed by atoms with Crippen molar-refractivity contribution in [3.63, 3.8) is 0 Å². The van der Waals surface area contributed by atoms with Crippen LogP contribution in [-0.4, -0.2) is 38.3 Å². The molecule has 0 fully saturated rings. The van der Waals surface area contributed by atoms with E-state index in [0.717, 1.165) is 13.0 Å². The lowest BCUT2D eigenvalue weighted by Crippen LogP contribution is -2.42. The monoisotopic (exact) mass is 470 g/mol. The van der Waals surface area contributed by atoms with E-state index in [1.807, 2.05) is 0 Å². The van der Waals surface area contributed by atoms with Crippen molar-refractivity contribution in [2.75, 3.05) is 10.9 Å². The molecule has 0 aliphatic carbocycles. The molecule has 0 aliphatic heterocycles. The van der Waals surface area contributed by atoms with Crippen LogP contribution in [-0.2, 0) is 14.8 Å². The lowest BCUT2D eigenvalue weighted by molar-refractivity contribution is -0.275. The molecule has 0 saturated carbocycles. The lowest BCUT2D eigenvalue weighted by atomic mass is 10.2. The third-order valence-electron chi connectivity index (χ3n) is 3.64. The largest absolute Gasteiger partial charge is 0.573 e. The summed E-state index contributed by atoms with van der Waals surface area (Å²) < 4.78 is 81.9. The first-order valence-electron chi connectivity index (χ1n) is 7.92. The predicted octanol–water partition coefficient (Wildman–Crippen LogP) is 2.24. The number of nitrogens with two attached hydrogens (primary N) is 1. The van der Waals surface area contributed by atoms with Gasteiger partial charge in [0.05, 0.1) is 18.1 Å². The first-order chi connectivity index (χ1) is 13.8. The van der Waals surface area contributed by atoms with Crippen LogP contribution < -0.4 is 14.8 Å². The molecule has 0 aliphatic rings. The number of amides is 2. The molecule has 164 valence electrons. The van der Waals surface area contributed by atoms with Crippen molar-refractivity contribution in [3.05, 3.63) is 41.0 Å². The van der Waals surface area contributed by atoms with E-state index >= 15 is 0 Å². The van der Waals surface area contributed by atoms with E-state index in [1.165, 1.54) is 5.38 Å². The Balaban J connectivity index is 2.78. The zero-order chi connectivity index (χ0) is 22.9. The van der Waals surface area contributed by atoms with Crippen molar-refractivity contribution in [3.8, 4) is 5.75 Å². The molecule has 8 nitrogen and oxygen atoms in total. The highest BCUT2D eigenvalue weighted by Gasteiger charge is 2.40. The van der Waals surface area contributed by atoms with Gasteiger partial charge in [-0.2, -0.15) is 4.31 Å². The second-order valence-electron chi connectivity index (χ2n) is 5.83. The number of aliphatic hydroxyl groups is 1. The highest BCUT2D eigenvalue weighted by Crippen LogP contribution is 2.38. The Hall–Kier alpha value is -2.71. The second-order valence-corrected chi connectivity index (χ2v) is 8.48. The molecule has 0 radical (unpaired) electrons. The normalized spacial score (nSPS) is 13.0. The molecule has 0 bridgehead atoms. The van der Waals surface area contributed by atoms with Crippen LogP contribution in [0, 0.1) is 11.7 Å². The number of benzene rings is 1. The molecule has 0 saturated heterocycles. The Morgan fingerprint density at radius 3 is 2.47 bits per heavy atom. The number of alkyl halides is 3. The van der Waals surface area contributed by atoms with Crippen molar-refractivity contribution in [1.29, 1.82) is 0 Å². The summed E-state index contributed by atoms with van der Waals surface area (Å²) in [5.74, 6) is -6.28. The number of halogens is 4. The van der Waals surface area contributed by atoms with Crippen LogP contribution in [0.3, 0.4) is 0 Å². The molecular weight excluding hydrogens is 456 g/mol. The van der Waals surface area contributed by atoms with E-state index in [4.69, 9.17) is 5.73 Å². The summed E-state index contributed by atoms with van der Waals surface area (Å²) in [4.78, 5) is 23.1. The van der Waals surface area contributed by atoms with E-state index in [-0.39, 0.29) is 10.4 Å². The molecule has 1 heterocycles. The molecule has 1 atom stereocenters. The van der Waals surface area contributed by atoms with Gasteiger partial charge < -0.3 is 15.6 Å². The van der Waals surface area contributed by atoms with Gasteiger partial charge in [0.15, 0.2) is 0 Å². The number of hydrogen-bond donors (Lipinski definition) is 2. The number of hydrogen-bond acceptors (Lipinski definition) is 7. The Bertz CT molecular complexity index is 1070.